The maximum atomic E-state index is 12.4. The van der Waals surface area contributed by atoms with Crippen molar-refractivity contribution in [1.82, 2.24) is 15.2 Å². The first-order valence-electron chi connectivity index (χ1n) is 8.29. The van der Waals surface area contributed by atoms with Gasteiger partial charge < -0.3 is 10.6 Å². The Balaban J connectivity index is 1.63. The van der Waals surface area contributed by atoms with Gasteiger partial charge in [0.15, 0.2) is 5.82 Å². The lowest BCUT2D eigenvalue weighted by Crippen LogP contribution is -2.15. The van der Waals surface area contributed by atoms with Crippen LogP contribution < -0.4 is 15.4 Å². The Bertz CT molecular complexity index is 1040. The lowest BCUT2D eigenvalue weighted by Gasteiger charge is -2.09. The standard InChI is InChI=1S/C18H18N6O3S/c1-13(25)21-15-2-4-16(5-3-15)28(26,27)24-18-7-6-17(22-23-18)20-12-14-8-10-19-11-9-14/h2-11H,12H2,1H3,(H,20,22)(H,21,25)(H,23,24). The molecule has 0 unspecified atom stereocenters. The minimum atomic E-state index is -3.82. The van der Waals surface area contributed by atoms with Crippen molar-refractivity contribution in [2.24, 2.45) is 0 Å². The number of benzene rings is 1. The summed E-state index contributed by atoms with van der Waals surface area (Å²) in [5.74, 6) is 0.376. The maximum Gasteiger partial charge on any atom is 0.263 e. The molecule has 0 aliphatic rings. The van der Waals surface area contributed by atoms with E-state index >= 15 is 0 Å². The molecular weight excluding hydrogens is 380 g/mol. The van der Waals surface area contributed by atoms with Gasteiger partial charge in [-0.1, -0.05) is 0 Å². The number of rotatable bonds is 7. The summed E-state index contributed by atoms with van der Waals surface area (Å²) in [4.78, 5) is 15.0. The highest BCUT2D eigenvalue weighted by Crippen LogP contribution is 2.17. The summed E-state index contributed by atoms with van der Waals surface area (Å²) < 4.78 is 27.3. The first-order chi connectivity index (χ1) is 13.4. The van der Waals surface area contributed by atoms with Crippen LogP contribution in [-0.2, 0) is 21.4 Å². The zero-order valence-corrected chi connectivity index (χ0v) is 15.8. The van der Waals surface area contributed by atoms with Crippen LogP contribution in [0.5, 0.6) is 0 Å². The number of sulfonamides is 1. The van der Waals surface area contributed by atoms with Crippen LogP contribution in [-0.4, -0.2) is 29.5 Å². The van der Waals surface area contributed by atoms with Crippen molar-refractivity contribution in [3.63, 3.8) is 0 Å². The third-order valence-electron chi connectivity index (χ3n) is 3.61. The van der Waals surface area contributed by atoms with Gasteiger partial charge >= 0.3 is 0 Å². The predicted molar refractivity (Wildman–Crippen MR) is 105 cm³/mol. The summed E-state index contributed by atoms with van der Waals surface area (Å²) in [5.41, 5.74) is 1.54. The molecule has 2 heterocycles. The normalized spacial score (nSPS) is 10.9. The van der Waals surface area contributed by atoms with Crippen molar-refractivity contribution >= 4 is 33.3 Å². The first kappa shape index (κ1) is 19.2. The number of aromatic nitrogens is 3. The summed E-state index contributed by atoms with van der Waals surface area (Å²) >= 11 is 0. The highest BCUT2D eigenvalue weighted by atomic mass is 32.2. The topological polar surface area (TPSA) is 126 Å². The number of pyridine rings is 1. The Kier molecular flexibility index (Phi) is 5.80. The van der Waals surface area contributed by atoms with Gasteiger partial charge in [0.2, 0.25) is 5.91 Å². The molecule has 0 saturated heterocycles. The molecule has 0 aliphatic heterocycles. The molecular formula is C18H18N6O3S. The Hall–Kier alpha value is -3.53. The van der Waals surface area contributed by atoms with Crippen LogP contribution in [0, 0.1) is 0 Å². The second kappa shape index (κ2) is 8.44. The van der Waals surface area contributed by atoms with Crippen LogP contribution in [0.4, 0.5) is 17.3 Å². The van der Waals surface area contributed by atoms with E-state index in [2.05, 4.69) is 30.5 Å². The van der Waals surface area contributed by atoms with E-state index in [1.165, 1.54) is 37.3 Å². The molecule has 0 spiro atoms. The number of amides is 1. The lowest BCUT2D eigenvalue weighted by atomic mass is 10.3. The van der Waals surface area contributed by atoms with Gasteiger partial charge in [-0.15, -0.1) is 10.2 Å². The predicted octanol–water partition coefficient (Wildman–Crippen LogP) is 2.24. The fraction of sp³-hybridized carbons (Fsp3) is 0.111. The van der Waals surface area contributed by atoms with E-state index in [9.17, 15) is 13.2 Å². The number of hydrogen-bond donors (Lipinski definition) is 3. The summed E-state index contributed by atoms with van der Waals surface area (Å²) in [6, 6.07) is 12.7. The second-order valence-electron chi connectivity index (χ2n) is 5.82. The number of carbonyl (C=O) groups excluding carboxylic acids is 1. The van der Waals surface area contributed by atoms with Crippen LogP contribution in [0.25, 0.3) is 0 Å². The smallest absolute Gasteiger partial charge is 0.263 e. The molecule has 28 heavy (non-hydrogen) atoms. The summed E-state index contributed by atoms with van der Waals surface area (Å²) in [5, 5.41) is 13.5. The summed E-state index contributed by atoms with van der Waals surface area (Å²) in [7, 11) is -3.82. The first-order valence-corrected chi connectivity index (χ1v) is 9.78. The maximum absolute atomic E-state index is 12.4. The van der Waals surface area contributed by atoms with E-state index in [1.54, 1.807) is 18.5 Å². The molecule has 2 aromatic heterocycles. The van der Waals surface area contributed by atoms with Crippen molar-refractivity contribution in [3.05, 3.63) is 66.5 Å². The molecule has 10 heteroatoms. The molecule has 0 aliphatic carbocycles. The number of nitrogens with one attached hydrogen (secondary N) is 3. The molecule has 0 radical (unpaired) electrons. The average Bonchev–Trinajstić information content (AvgIpc) is 2.68. The van der Waals surface area contributed by atoms with Gasteiger partial charge in [-0.05, 0) is 54.1 Å². The van der Waals surface area contributed by atoms with E-state index in [4.69, 9.17) is 0 Å². The highest BCUT2D eigenvalue weighted by molar-refractivity contribution is 7.92. The number of hydrogen-bond acceptors (Lipinski definition) is 7. The SMILES string of the molecule is CC(=O)Nc1ccc(S(=O)(=O)Nc2ccc(NCc3ccncc3)nn2)cc1. The Morgan fingerprint density at radius 2 is 1.57 bits per heavy atom. The van der Waals surface area contributed by atoms with Gasteiger partial charge in [0, 0.05) is 31.5 Å². The number of carbonyl (C=O) groups is 1. The fourth-order valence-corrected chi connectivity index (χ4v) is 3.29. The van der Waals surface area contributed by atoms with Crippen molar-refractivity contribution in [3.8, 4) is 0 Å². The van der Waals surface area contributed by atoms with Crippen LogP contribution in [0.3, 0.4) is 0 Å². The van der Waals surface area contributed by atoms with Gasteiger partial charge in [0.05, 0.1) is 4.90 Å². The average molecular weight is 398 g/mol. The third-order valence-corrected chi connectivity index (χ3v) is 4.98. The highest BCUT2D eigenvalue weighted by Gasteiger charge is 2.15. The molecule has 144 valence electrons. The van der Waals surface area contributed by atoms with Crippen LogP contribution in [0.2, 0.25) is 0 Å². The van der Waals surface area contributed by atoms with E-state index in [1.807, 2.05) is 12.1 Å². The molecule has 3 aromatic rings. The third kappa shape index (κ3) is 5.24. The van der Waals surface area contributed by atoms with E-state index in [-0.39, 0.29) is 16.6 Å². The monoisotopic (exact) mass is 398 g/mol. The van der Waals surface area contributed by atoms with Crippen LogP contribution in [0.15, 0.2) is 65.8 Å². The van der Waals surface area contributed by atoms with Crippen LogP contribution in [0.1, 0.15) is 12.5 Å². The quantitative estimate of drug-likeness (QED) is 0.557. The minimum Gasteiger partial charge on any atom is -0.365 e. The molecule has 9 nitrogen and oxygen atoms in total. The number of nitrogens with zero attached hydrogens (tertiary/aromatic N) is 3. The zero-order chi connectivity index (χ0) is 20.0. The molecule has 0 bridgehead atoms. The second-order valence-corrected chi connectivity index (χ2v) is 7.51. The lowest BCUT2D eigenvalue weighted by molar-refractivity contribution is -0.114. The van der Waals surface area contributed by atoms with Crippen molar-refractivity contribution in [2.45, 2.75) is 18.4 Å². The number of anilines is 3. The summed E-state index contributed by atoms with van der Waals surface area (Å²) in [6.45, 7) is 1.92. The van der Waals surface area contributed by atoms with Crippen molar-refractivity contribution < 1.29 is 13.2 Å². The van der Waals surface area contributed by atoms with Crippen molar-refractivity contribution in [2.75, 3.05) is 15.4 Å². The Morgan fingerprint density at radius 3 is 2.18 bits per heavy atom. The van der Waals surface area contributed by atoms with Gasteiger partial charge in [-0.25, -0.2) is 8.42 Å². The van der Waals surface area contributed by atoms with Gasteiger partial charge in [0.1, 0.15) is 5.82 Å². The van der Waals surface area contributed by atoms with E-state index in [0.717, 1.165) is 5.56 Å². The molecule has 1 aromatic carbocycles. The van der Waals surface area contributed by atoms with Crippen molar-refractivity contribution in [1.29, 1.82) is 0 Å². The summed E-state index contributed by atoms with van der Waals surface area (Å²) in [6.07, 6.45) is 3.40. The van der Waals surface area contributed by atoms with Gasteiger partial charge in [0.25, 0.3) is 10.0 Å². The van der Waals surface area contributed by atoms with Gasteiger partial charge in [-0.2, -0.15) is 0 Å². The van der Waals surface area contributed by atoms with Gasteiger partial charge in [-0.3, -0.25) is 14.5 Å². The van der Waals surface area contributed by atoms with E-state index < -0.39 is 10.0 Å². The van der Waals surface area contributed by atoms with E-state index in [0.29, 0.717) is 18.1 Å². The molecule has 0 atom stereocenters. The molecule has 3 N–H and O–H groups in total. The largest absolute Gasteiger partial charge is 0.365 e. The Labute approximate surface area is 162 Å². The zero-order valence-electron chi connectivity index (χ0n) is 15.0. The molecule has 0 fully saturated rings. The molecule has 0 saturated carbocycles. The molecule has 3 rings (SSSR count). The fourth-order valence-electron chi connectivity index (χ4n) is 2.29. The minimum absolute atomic E-state index is 0.0447. The Morgan fingerprint density at radius 1 is 0.929 bits per heavy atom. The molecule has 1 amide bonds. The van der Waals surface area contributed by atoms with Crippen LogP contribution >= 0.6 is 0 Å².